The molecule has 0 unspecified atom stereocenters. The topological polar surface area (TPSA) is 76.1 Å². The van der Waals surface area contributed by atoms with Crippen LogP contribution in [-0.4, -0.2) is 47.7 Å². The monoisotopic (exact) mass is 321 g/mol. The number of aliphatic carboxylic acids is 1. The first-order valence-electron chi connectivity index (χ1n) is 7.82. The minimum absolute atomic E-state index is 0.0102. The van der Waals surface area contributed by atoms with Crippen molar-refractivity contribution < 1.29 is 24.2 Å². The molecule has 6 heteroatoms. The van der Waals surface area contributed by atoms with Crippen LogP contribution >= 0.6 is 0 Å². The van der Waals surface area contributed by atoms with E-state index in [0.717, 1.165) is 12.8 Å². The molecule has 126 valence electrons. The van der Waals surface area contributed by atoms with E-state index in [2.05, 4.69) is 0 Å². The summed E-state index contributed by atoms with van der Waals surface area (Å²) in [7, 11) is 1.51. The van der Waals surface area contributed by atoms with Crippen LogP contribution in [0.4, 0.5) is 0 Å². The largest absolute Gasteiger partial charge is 0.493 e. The Hall–Kier alpha value is -2.24. The van der Waals surface area contributed by atoms with Gasteiger partial charge in [-0.05, 0) is 51.3 Å². The quantitative estimate of drug-likeness (QED) is 0.902. The number of ether oxygens (including phenoxy) is 2. The SMILES string of the molecule is COc1cc(C(=O)N2CCCC[C@@H]2C(=O)O)ccc1OC(C)C. The van der Waals surface area contributed by atoms with Crippen molar-refractivity contribution in [2.45, 2.75) is 45.3 Å². The molecule has 1 aliphatic rings. The van der Waals surface area contributed by atoms with Crippen LogP contribution in [0.2, 0.25) is 0 Å². The molecule has 23 heavy (non-hydrogen) atoms. The predicted octanol–water partition coefficient (Wildman–Crippen LogP) is 2.56. The first kappa shape index (κ1) is 17.1. The van der Waals surface area contributed by atoms with Crippen molar-refractivity contribution >= 4 is 11.9 Å². The van der Waals surface area contributed by atoms with Crippen molar-refractivity contribution in [3.05, 3.63) is 23.8 Å². The lowest BCUT2D eigenvalue weighted by atomic mass is 10.0. The second-order valence-corrected chi connectivity index (χ2v) is 5.88. The average Bonchev–Trinajstić information content (AvgIpc) is 2.54. The number of rotatable bonds is 5. The number of carboxylic acid groups (broad SMARTS) is 1. The van der Waals surface area contributed by atoms with Crippen LogP contribution in [0.3, 0.4) is 0 Å². The van der Waals surface area contributed by atoms with E-state index in [1.54, 1.807) is 18.2 Å². The van der Waals surface area contributed by atoms with Gasteiger partial charge in [0, 0.05) is 12.1 Å². The highest BCUT2D eigenvalue weighted by Crippen LogP contribution is 2.30. The first-order valence-corrected chi connectivity index (χ1v) is 7.82. The molecule has 1 fully saturated rings. The molecule has 1 amide bonds. The molecule has 6 nitrogen and oxygen atoms in total. The highest BCUT2D eigenvalue weighted by atomic mass is 16.5. The Morgan fingerprint density at radius 1 is 1.26 bits per heavy atom. The first-order chi connectivity index (χ1) is 10.9. The van der Waals surface area contributed by atoms with Gasteiger partial charge in [0.2, 0.25) is 0 Å². The third-order valence-corrected chi connectivity index (χ3v) is 3.82. The van der Waals surface area contributed by atoms with Crippen molar-refractivity contribution in [1.29, 1.82) is 0 Å². The molecule has 1 N–H and O–H groups in total. The highest BCUT2D eigenvalue weighted by Gasteiger charge is 2.32. The van der Waals surface area contributed by atoms with Gasteiger partial charge in [-0.25, -0.2) is 4.79 Å². The summed E-state index contributed by atoms with van der Waals surface area (Å²) >= 11 is 0. The lowest BCUT2D eigenvalue weighted by molar-refractivity contribution is -0.143. The van der Waals surface area contributed by atoms with Gasteiger partial charge >= 0.3 is 5.97 Å². The zero-order valence-electron chi connectivity index (χ0n) is 13.7. The number of carbonyl (C=O) groups is 2. The highest BCUT2D eigenvalue weighted by molar-refractivity contribution is 5.97. The summed E-state index contributed by atoms with van der Waals surface area (Å²) in [5.41, 5.74) is 0.408. The van der Waals surface area contributed by atoms with Crippen molar-refractivity contribution in [2.75, 3.05) is 13.7 Å². The summed E-state index contributed by atoms with van der Waals surface area (Å²) < 4.78 is 10.9. The number of piperidine rings is 1. The smallest absolute Gasteiger partial charge is 0.326 e. The fraction of sp³-hybridized carbons (Fsp3) is 0.529. The number of carbonyl (C=O) groups excluding carboxylic acids is 1. The Labute approximate surface area is 136 Å². The minimum atomic E-state index is -0.954. The molecule has 1 aromatic rings. The number of hydrogen-bond donors (Lipinski definition) is 1. The van der Waals surface area contributed by atoms with E-state index in [9.17, 15) is 14.7 Å². The molecule has 0 saturated carbocycles. The van der Waals surface area contributed by atoms with Crippen LogP contribution in [0.25, 0.3) is 0 Å². The van der Waals surface area contributed by atoms with Gasteiger partial charge in [0.05, 0.1) is 13.2 Å². The van der Waals surface area contributed by atoms with Gasteiger partial charge in [0.15, 0.2) is 11.5 Å². The Bertz CT molecular complexity index is 584. The maximum absolute atomic E-state index is 12.7. The van der Waals surface area contributed by atoms with Gasteiger partial charge in [-0.2, -0.15) is 0 Å². The summed E-state index contributed by atoms with van der Waals surface area (Å²) in [6.07, 6.45) is 2.13. The van der Waals surface area contributed by atoms with Crippen LogP contribution in [0.15, 0.2) is 18.2 Å². The summed E-state index contributed by atoms with van der Waals surface area (Å²) in [6, 6.07) is 4.18. The number of hydrogen-bond acceptors (Lipinski definition) is 4. The van der Waals surface area contributed by atoms with Crippen molar-refractivity contribution in [3.63, 3.8) is 0 Å². The Balaban J connectivity index is 2.26. The molecule has 1 aliphatic heterocycles. The summed E-state index contributed by atoms with van der Waals surface area (Å²) in [5, 5.41) is 9.31. The van der Waals surface area contributed by atoms with Gasteiger partial charge in [0.1, 0.15) is 6.04 Å². The molecule has 1 atom stereocenters. The maximum Gasteiger partial charge on any atom is 0.326 e. The minimum Gasteiger partial charge on any atom is -0.493 e. The van der Waals surface area contributed by atoms with E-state index in [4.69, 9.17) is 9.47 Å². The number of amides is 1. The second-order valence-electron chi connectivity index (χ2n) is 5.88. The molecule has 0 radical (unpaired) electrons. The van der Waals surface area contributed by atoms with Crippen molar-refractivity contribution in [2.24, 2.45) is 0 Å². The number of nitrogens with zero attached hydrogens (tertiary/aromatic N) is 1. The van der Waals surface area contributed by atoms with Crippen LogP contribution in [0.1, 0.15) is 43.5 Å². The Morgan fingerprint density at radius 2 is 2.00 bits per heavy atom. The summed E-state index contributed by atoms with van der Waals surface area (Å²) in [4.78, 5) is 25.5. The van der Waals surface area contributed by atoms with Crippen LogP contribution in [0, 0.1) is 0 Å². The summed E-state index contributed by atoms with van der Waals surface area (Å²) in [5.74, 6) is -0.211. The Kier molecular flexibility index (Phi) is 5.47. The van der Waals surface area contributed by atoms with E-state index in [-0.39, 0.29) is 12.0 Å². The lowest BCUT2D eigenvalue weighted by Crippen LogP contribution is -2.47. The van der Waals surface area contributed by atoms with Crippen LogP contribution in [-0.2, 0) is 4.79 Å². The van der Waals surface area contributed by atoms with Gasteiger partial charge in [-0.1, -0.05) is 0 Å². The van der Waals surface area contributed by atoms with E-state index in [0.29, 0.717) is 30.0 Å². The number of methoxy groups -OCH3 is 1. The molecule has 2 rings (SSSR count). The number of carboxylic acids is 1. The van der Waals surface area contributed by atoms with Gasteiger partial charge in [-0.15, -0.1) is 0 Å². The van der Waals surface area contributed by atoms with Gasteiger partial charge < -0.3 is 19.5 Å². The average molecular weight is 321 g/mol. The van der Waals surface area contributed by atoms with Crippen LogP contribution < -0.4 is 9.47 Å². The Morgan fingerprint density at radius 3 is 2.61 bits per heavy atom. The van der Waals surface area contributed by atoms with E-state index in [1.807, 2.05) is 13.8 Å². The van der Waals surface area contributed by atoms with Crippen molar-refractivity contribution in [3.8, 4) is 11.5 Å². The molecule has 1 saturated heterocycles. The summed E-state index contributed by atoms with van der Waals surface area (Å²) in [6.45, 7) is 4.27. The van der Waals surface area contributed by atoms with E-state index >= 15 is 0 Å². The third kappa shape index (κ3) is 3.94. The molecule has 1 heterocycles. The molecular weight excluding hydrogens is 298 g/mol. The third-order valence-electron chi connectivity index (χ3n) is 3.82. The van der Waals surface area contributed by atoms with Crippen molar-refractivity contribution in [1.82, 2.24) is 4.90 Å². The van der Waals surface area contributed by atoms with Crippen LogP contribution in [0.5, 0.6) is 11.5 Å². The fourth-order valence-electron chi connectivity index (χ4n) is 2.75. The zero-order chi connectivity index (χ0) is 17.0. The number of benzene rings is 1. The zero-order valence-corrected chi connectivity index (χ0v) is 13.7. The van der Waals surface area contributed by atoms with E-state index in [1.165, 1.54) is 12.0 Å². The predicted molar refractivity (Wildman–Crippen MR) is 85.1 cm³/mol. The normalized spacial score (nSPS) is 17.9. The second kappa shape index (κ2) is 7.35. The lowest BCUT2D eigenvalue weighted by Gasteiger charge is -2.33. The van der Waals surface area contributed by atoms with Gasteiger partial charge in [-0.3, -0.25) is 4.79 Å². The maximum atomic E-state index is 12.7. The molecule has 0 aromatic heterocycles. The molecule has 0 bridgehead atoms. The molecule has 0 aliphatic carbocycles. The molecule has 0 spiro atoms. The standard InChI is InChI=1S/C17H23NO5/c1-11(2)23-14-8-7-12(10-15(14)22-3)16(19)18-9-5-4-6-13(18)17(20)21/h7-8,10-11,13H,4-6,9H2,1-3H3,(H,20,21)/t13-/m1/s1. The van der Waals surface area contributed by atoms with E-state index < -0.39 is 12.0 Å². The van der Waals surface area contributed by atoms with Gasteiger partial charge in [0.25, 0.3) is 5.91 Å². The molecular formula is C17H23NO5. The fourth-order valence-corrected chi connectivity index (χ4v) is 2.75. The molecule has 1 aromatic carbocycles. The number of likely N-dealkylation sites (tertiary alicyclic amines) is 1.